The van der Waals surface area contributed by atoms with Crippen LogP contribution in [0.25, 0.3) is 21.6 Å². The molecule has 0 unspecified atom stereocenters. The summed E-state index contributed by atoms with van der Waals surface area (Å²) >= 11 is 0. The largest absolute Gasteiger partial charge is 0.494 e. The van der Waals surface area contributed by atoms with Gasteiger partial charge in [-0.1, -0.05) is 90.4 Å². The predicted octanol–water partition coefficient (Wildman–Crippen LogP) is 6.94. The molecule has 48 heavy (non-hydrogen) atoms. The number of benzene rings is 4. The van der Waals surface area contributed by atoms with Gasteiger partial charge >= 0.3 is 0 Å². The molecule has 10 heteroatoms. The van der Waals surface area contributed by atoms with Crippen molar-refractivity contribution in [2.24, 2.45) is 10.1 Å². The number of piperidine rings is 1. The van der Waals surface area contributed by atoms with Crippen LogP contribution < -0.4 is 10.2 Å². The van der Waals surface area contributed by atoms with E-state index in [1.54, 1.807) is 0 Å². The van der Waals surface area contributed by atoms with Gasteiger partial charge in [0.1, 0.15) is 5.75 Å². The van der Waals surface area contributed by atoms with Gasteiger partial charge in [-0.3, -0.25) is 10.2 Å². The lowest BCUT2D eigenvalue weighted by Crippen LogP contribution is -2.56. The number of amides is 1. The molecule has 4 aromatic carbocycles. The van der Waals surface area contributed by atoms with Crippen LogP contribution in [0.15, 0.2) is 113 Å². The molecule has 0 spiro atoms. The molecular formula is C38H40N6O4. The summed E-state index contributed by atoms with van der Waals surface area (Å²) in [5, 5.41) is 14.9. The number of hydrogen-bond acceptors (Lipinski definition) is 7. The van der Waals surface area contributed by atoms with Crippen LogP contribution >= 0.6 is 0 Å². The topological polar surface area (TPSA) is 132 Å². The van der Waals surface area contributed by atoms with Crippen molar-refractivity contribution < 1.29 is 19.4 Å². The number of ether oxygens (including phenoxy) is 2. The Bertz CT molecular complexity index is 1750. The van der Waals surface area contributed by atoms with Crippen molar-refractivity contribution in [1.82, 2.24) is 10.4 Å². The molecule has 0 radical (unpaired) electrons. The first-order valence-corrected chi connectivity index (χ1v) is 16.5. The number of carbonyl (C=O) groups is 1. The number of hydrazine groups is 1. The lowest BCUT2D eigenvalue weighted by molar-refractivity contribution is -0.134. The van der Waals surface area contributed by atoms with Crippen LogP contribution in [0.5, 0.6) is 5.75 Å². The van der Waals surface area contributed by atoms with E-state index in [4.69, 9.17) is 25.1 Å². The van der Waals surface area contributed by atoms with E-state index < -0.39 is 11.6 Å². The van der Waals surface area contributed by atoms with E-state index in [1.165, 1.54) is 0 Å². The Hall–Kier alpha value is -5.15. The Kier molecular flexibility index (Phi) is 10.7. The molecule has 6 rings (SSSR count). The third-order valence-electron chi connectivity index (χ3n) is 8.85. The highest BCUT2D eigenvalue weighted by molar-refractivity contribution is 6.01. The fourth-order valence-electron chi connectivity index (χ4n) is 6.29. The van der Waals surface area contributed by atoms with Crippen molar-refractivity contribution in [3.8, 4) is 16.9 Å². The van der Waals surface area contributed by atoms with Gasteiger partial charge in [0.15, 0.2) is 11.6 Å². The van der Waals surface area contributed by atoms with Crippen LogP contribution in [0.4, 0.5) is 0 Å². The molecule has 2 aliphatic rings. The molecule has 0 bridgehead atoms. The van der Waals surface area contributed by atoms with E-state index in [9.17, 15) is 4.79 Å². The Labute approximate surface area is 280 Å². The molecule has 1 saturated heterocycles. The Morgan fingerprint density at radius 3 is 2.29 bits per heavy atom. The average molecular weight is 645 g/mol. The van der Waals surface area contributed by atoms with Crippen LogP contribution in [0, 0.1) is 0 Å². The minimum atomic E-state index is -1.39. The smallest absolute Gasteiger partial charge is 0.266 e. The second-order valence-electron chi connectivity index (χ2n) is 12.1. The lowest BCUT2D eigenvalue weighted by Gasteiger charge is -2.35. The van der Waals surface area contributed by atoms with Gasteiger partial charge in [0.25, 0.3) is 5.91 Å². The summed E-state index contributed by atoms with van der Waals surface area (Å²) in [4.78, 5) is 22.9. The monoisotopic (exact) mass is 644 g/mol. The van der Waals surface area contributed by atoms with Gasteiger partial charge in [0.05, 0.1) is 13.2 Å². The minimum Gasteiger partial charge on any atom is -0.494 e. The fourth-order valence-corrected chi connectivity index (χ4v) is 6.29. The van der Waals surface area contributed by atoms with Crippen LogP contribution in [0.3, 0.4) is 0 Å². The van der Waals surface area contributed by atoms with E-state index in [2.05, 4.69) is 27.6 Å². The van der Waals surface area contributed by atoms with Gasteiger partial charge in [-0.2, -0.15) is 0 Å². The molecule has 246 valence electrons. The molecule has 2 heterocycles. The maximum atomic E-state index is 14.8. The number of carbonyl (C=O) groups excluding carboxylic acids is 1. The number of hydrogen-bond donors (Lipinski definition) is 2. The summed E-state index contributed by atoms with van der Waals surface area (Å²) < 4.78 is 12.5. The molecule has 10 nitrogen and oxygen atoms in total. The summed E-state index contributed by atoms with van der Waals surface area (Å²) in [7, 11) is 0. The molecule has 4 aromatic rings. The summed E-state index contributed by atoms with van der Waals surface area (Å²) in [6.07, 6.45) is 3.15. The maximum absolute atomic E-state index is 14.8. The number of nitrogens with one attached hydrogen (secondary N) is 1. The normalized spacial score (nSPS) is 19.1. The van der Waals surface area contributed by atoms with E-state index in [-0.39, 0.29) is 25.5 Å². The predicted molar refractivity (Wildman–Crippen MR) is 185 cm³/mol. The van der Waals surface area contributed by atoms with Crippen LogP contribution in [-0.2, 0) is 22.5 Å². The van der Waals surface area contributed by atoms with Crippen LogP contribution in [-0.4, -0.2) is 53.8 Å². The van der Waals surface area contributed by atoms with Gasteiger partial charge in [-0.15, -0.1) is 0 Å². The van der Waals surface area contributed by atoms with Gasteiger partial charge in [-0.05, 0) is 70.5 Å². The first-order valence-electron chi connectivity index (χ1n) is 16.5. The minimum absolute atomic E-state index is 0.0595. The zero-order valence-corrected chi connectivity index (χ0v) is 26.9. The second-order valence-corrected chi connectivity index (χ2v) is 12.1. The van der Waals surface area contributed by atoms with Gasteiger partial charge in [-0.25, -0.2) is 10.0 Å². The van der Waals surface area contributed by atoms with E-state index in [0.717, 1.165) is 60.2 Å². The highest BCUT2D eigenvalue weighted by Crippen LogP contribution is 2.43. The maximum Gasteiger partial charge on any atom is 0.266 e. The molecule has 2 aliphatic heterocycles. The Morgan fingerprint density at radius 2 is 1.58 bits per heavy atom. The zero-order valence-electron chi connectivity index (χ0n) is 26.9. The molecule has 1 amide bonds. The Balaban J connectivity index is 1.43. The first kappa shape index (κ1) is 32.8. The van der Waals surface area contributed by atoms with Gasteiger partial charge in [0.2, 0.25) is 5.90 Å². The fraction of sp³-hybridized carbons (Fsp3) is 0.316. The molecule has 2 N–H and O–H groups in total. The summed E-state index contributed by atoms with van der Waals surface area (Å²) in [5.74, 6) is 0.773. The third-order valence-corrected chi connectivity index (χ3v) is 8.85. The first-order chi connectivity index (χ1) is 23.6. The number of aliphatic imine (C=N–C) groups is 1. The standard InChI is InChI=1S/C38H40N6O4/c39-43-40-27-33-13-6-5-12-32(33)26-38(37(46)42-44-22-7-2-8-23-44)35(30-16-14-29(15-17-30)28-10-3-1-4-11-28)48-36(41-38)31-18-20-34(21-19-31)47-25-9-24-45/h1,3-6,10-21,35,45H,2,7-9,22-27H2,(H,42,46)/t35-,38-/m0/s1. The van der Waals surface area contributed by atoms with Crippen molar-refractivity contribution in [3.63, 3.8) is 0 Å². The van der Waals surface area contributed by atoms with E-state index in [0.29, 0.717) is 30.2 Å². The lowest BCUT2D eigenvalue weighted by atomic mass is 9.80. The third kappa shape index (κ3) is 7.52. The molecule has 0 aliphatic carbocycles. The Morgan fingerprint density at radius 1 is 0.917 bits per heavy atom. The number of aliphatic hydroxyl groups excluding tert-OH is 1. The van der Waals surface area contributed by atoms with E-state index in [1.807, 2.05) is 96.0 Å². The zero-order chi connectivity index (χ0) is 33.2. The number of nitrogens with zero attached hydrogens (tertiary/aromatic N) is 5. The van der Waals surface area contributed by atoms with Crippen LogP contribution in [0.1, 0.15) is 54.0 Å². The molecule has 2 atom stereocenters. The van der Waals surface area contributed by atoms with E-state index >= 15 is 0 Å². The number of azide groups is 1. The van der Waals surface area contributed by atoms with Crippen molar-refractivity contribution in [2.75, 3.05) is 26.3 Å². The van der Waals surface area contributed by atoms with Crippen molar-refractivity contribution in [3.05, 3.63) is 136 Å². The van der Waals surface area contributed by atoms with Crippen molar-refractivity contribution in [1.29, 1.82) is 0 Å². The van der Waals surface area contributed by atoms with Gasteiger partial charge < -0.3 is 14.6 Å². The second kappa shape index (κ2) is 15.6. The average Bonchev–Trinajstić information content (AvgIpc) is 3.53. The highest BCUT2D eigenvalue weighted by Gasteiger charge is 2.54. The molecule has 1 fully saturated rings. The summed E-state index contributed by atoms with van der Waals surface area (Å²) in [6, 6.07) is 33.4. The molecule has 0 aromatic heterocycles. The molecular weight excluding hydrogens is 604 g/mol. The number of aliphatic hydroxyl groups is 1. The quantitative estimate of drug-likeness (QED) is 0.0704. The molecule has 0 saturated carbocycles. The summed E-state index contributed by atoms with van der Waals surface area (Å²) in [5.41, 5.74) is 16.3. The van der Waals surface area contributed by atoms with Crippen LogP contribution in [0.2, 0.25) is 0 Å². The van der Waals surface area contributed by atoms with Crippen molar-refractivity contribution in [2.45, 2.75) is 50.3 Å². The number of rotatable bonds is 13. The van der Waals surface area contributed by atoms with Crippen molar-refractivity contribution >= 4 is 11.8 Å². The highest BCUT2D eigenvalue weighted by atomic mass is 16.5. The summed E-state index contributed by atoms with van der Waals surface area (Å²) in [6.45, 7) is 2.15. The SMILES string of the molecule is [N-]=[N+]=NCc1ccccc1C[C@]1(C(=O)NN2CCCCC2)N=C(c2ccc(OCCCO)cc2)O[C@H]1c1ccc(-c2ccccc2)cc1. The van der Waals surface area contributed by atoms with Gasteiger partial charge in [0, 0.05) is 43.0 Å².